The number of alkyl halides is 2. The molecule has 0 aliphatic carbocycles. The minimum atomic E-state index is -2.84. The average Bonchev–Trinajstić information content (AvgIpc) is 3.25. The van der Waals surface area contributed by atoms with Crippen molar-refractivity contribution in [1.29, 1.82) is 0 Å². The van der Waals surface area contributed by atoms with Gasteiger partial charge in [0.25, 0.3) is 17.7 Å². The molecule has 0 saturated carbocycles. The van der Waals surface area contributed by atoms with Crippen LogP contribution in [0.2, 0.25) is 10.0 Å². The van der Waals surface area contributed by atoms with Crippen molar-refractivity contribution in [1.82, 2.24) is 14.7 Å². The summed E-state index contributed by atoms with van der Waals surface area (Å²) in [6, 6.07) is 12.3. The summed E-state index contributed by atoms with van der Waals surface area (Å²) in [5.74, 6) is -3.64. The Hall–Kier alpha value is -2.46. The summed E-state index contributed by atoms with van der Waals surface area (Å²) in [4.78, 5) is 31.0. The zero-order valence-corrected chi connectivity index (χ0v) is 23.2. The van der Waals surface area contributed by atoms with Crippen molar-refractivity contribution >= 4 is 40.7 Å². The van der Waals surface area contributed by atoms with Crippen LogP contribution in [-0.4, -0.2) is 88.9 Å². The fourth-order valence-corrected chi connectivity index (χ4v) is 6.10. The Kier molecular flexibility index (Phi) is 7.81. The maximum absolute atomic E-state index is 13.5. The van der Waals surface area contributed by atoms with Crippen LogP contribution in [0.4, 0.5) is 14.5 Å². The minimum Gasteiger partial charge on any atom is -0.380 e. The highest BCUT2D eigenvalue weighted by Crippen LogP contribution is 2.32. The molecule has 5 rings (SSSR count). The number of carbonyl (C=O) groups excluding carboxylic acids is 2. The Morgan fingerprint density at radius 1 is 1.05 bits per heavy atom. The second kappa shape index (κ2) is 10.8. The fraction of sp³-hybridized carbons (Fsp3) is 0.500. The third-order valence-electron chi connectivity index (χ3n) is 8.01. The SMILES string of the molecule is C[C@@](O)(C(=O)N1CCC(N2CC(Nc3ccc(C(=O)N4CCC(F)(F)C4)c(Cl)c3)C2)CC1)c1cccc(Cl)c1. The van der Waals surface area contributed by atoms with Crippen molar-refractivity contribution in [2.24, 2.45) is 0 Å². The molecule has 2 amide bonds. The van der Waals surface area contributed by atoms with Gasteiger partial charge in [0, 0.05) is 55.9 Å². The molecular weight excluding hydrogens is 549 g/mol. The van der Waals surface area contributed by atoms with Gasteiger partial charge in [-0.05, 0) is 55.7 Å². The topological polar surface area (TPSA) is 76.1 Å². The summed E-state index contributed by atoms with van der Waals surface area (Å²) in [5, 5.41) is 15.1. The van der Waals surface area contributed by atoms with E-state index in [1.54, 1.807) is 47.4 Å². The van der Waals surface area contributed by atoms with Gasteiger partial charge >= 0.3 is 0 Å². The van der Waals surface area contributed by atoms with Crippen molar-refractivity contribution in [2.75, 3.05) is 44.6 Å². The molecule has 0 unspecified atom stereocenters. The molecule has 210 valence electrons. The summed E-state index contributed by atoms with van der Waals surface area (Å²) < 4.78 is 27.0. The molecule has 1 atom stereocenters. The van der Waals surface area contributed by atoms with Gasteiger partial charge < -0.3 is 20.2 Å². The van der Waals surface area contributed by atoms with Crippen LogP contribution in [0.1, 0.15) is 42.1 Å². The molecule has 3 aliphatic heterocycles. The second-order valence-corrected chi connectivity index (χ2v) is 11.8. The summed E-state index contributed by atoms with van der Waals surface area (Å²) >= 11 is 12.4. The maximum atomic E-state index is 13.5. The number of hydrogen-bond acceptors (Lipinski definition) is 5. The van der Waals surface area contributed by atoms with Gasteiger partial charge in [-0.25, -0.2) is 8.78 Å². The zero-order chi connectivity index (χ0) is 27.9. The van der Waals surface area contributed by atoms with Gasteiger partial charge in [-0.15, -0.1) is 0 Å². The van der Waals surface area contributed by atoms with Crippen LogP contribution in [0, 0.1) is 0 Å². The number of carbonyl (C=O) groups is 2. The average molecular weight is 581 g/mol. The van der Waals surface area contributed by atoms with E-state index in [9.17, 15) is 23.5 Å². The smallest absolute Gasteiger partial charge is 0.267 e. The Labute approximate surface area is 236 Å². The lowest BCUT2D eigenvalue weighted by Crippen LogP contribution is -2.61. The van der Waals surface area contributed by atoms with Crippen molar-refractivity contribution in [3.8, 4) is 0 Å². The largest absolute Gasteiger partial charge is 0.380 e. The normalized spacial score (nSPS) is 21.9. The van der Waals surface area contributed by atoms with E-state index in [0.29, 0.717) is 29.7 Å². The number of anilines is 1. The number of piperidine rings is 1. The number of amides is 2. The molecule has 3 fully saturated rings. The van der Waals surface area contributed by atoms with Crippen molar-refractivity contribution < 1.29 is 23.5 Å². The van der Waals surface area contributed by atoms with Gasteiger partial charge in [0.15, 0.2) is 5.60 Å². The van der Waals surface area contributed by atoms with Crippen LogP contribution in [0.25, 0.3) is 0 Å². The van der Waals surface area contributed by atoms with E-state index in [1.165, 1.54) is 6.92 Å². The highest BCUT2D eigenvalue weighted by atomic mass is 35.5. The molecule has 7 nitrogen and oxygen atoms in total. The van der Waals surface area contributed by atoms with Crippen LogP contribution in [-0.2, 0) is 10.4 Å². The van der Waals surface area contributed by atoms with E-state index in [1.807, 2.05) is 0 Å². The lowest BCUT2D eigenvalue weighted by molar-refractivity contribution is -0.152. The molecule has 39 heavy (non-hydrogen) atoms. The molecule has 3 aliphatic rings. The fourth-order valence-electron chi connectivity index (χ4n) is 5.65. The number of likely N-dealkylation sites (tertiary alicyclic amines) is 3. The predicted molar refractivity (Wildman–Crippen MR) is 147 cm³/mol. The van der Waals surface area contributed by atoms with E-state index in [-0.39, 0.29) is 35.5 Å². The van der Waals surface area contributed by atoms with Gasteiger partial charge in [-0.1, -0.05) is 35.3 Å². The van der Waals surface area contributed by atoms with Crippen LogP contribution in [0.15, 0.2) is 42.5 Å². The van der Waals surface area contributed by atoms with Crippen molar-refractivity contribution in [2.45, 2.75) is 49.8 Å². The first-order valence-electron chi connectivity index (χ1n) is 13.2. The molecule has 3 saturated heterocycles. The third kappa shape index (κ3) is 6.01. The summed E-state index contributed by atoms with van der Waals surface area (Å²) in [7, 11) is 0. The summed E-state index contributed by atoms with van der Waals surface area (Å²) in [6.07, 6.45) is 1.32. The van der Waals surface area contributed by atoms with E-state index >= 15 is 0 Å². The third-order valence-corrected chi connectivity index (χ3v) is 8.56. The quantitative estimate of drug-likeness (QED) is 0.527. The van der Waals surface area contributed by atoms with Crippen LogP contribution in [0.3, 0.4) is 0 Å². The first-order chi connectivity index (χ1) is 18.4. The predicted octanol–water partition coefficient (Wildman–Crippen LogP) is 4.47. The monoisotopic (exact) mass is 580 g/mol. The molecule has 0 radical (unpaired) electrons. The highest BCUT2D eigenvalue weighted by Gasteiger charge is 2.42. The highest BCUT2D eigenvalue weighted by molar-refractivity contribution is 6.34. The summed E-state index contributed by atoms with van der Waals surface area (Å²) in [6.45, 7) is 3.77. The van der Waals surface area contributed by atoms with E-state index in [2.05, 4.69) is 10.2 Å². The molecule has 3 heterocycles. The molecule has 2 aromatic carbocycles. The number of halogens is 4. The van der Waals surface area contributed by atoms with Crippen LogP contribution in [0.5, 0.6) is 0 Å². The number of nitrogens with one attached hydrogen (secondary N) is 1. The number of hydrogen-bond donors (Lipinski definition) is 2. The Balaban J connectivity index is 1.09. The number of nitrogens with zero attached hydrogens (tertiary/aromatic N) is 3. The first-order valence-corrected chi connectivity index (χ1v) is 13.9. The Bertz CT molecular complexity index is 1250. The van der Waals surface area contributed by atoms with Gasteiger partial charge in [0.2, 0.25) is 0 Å². The first kappa shape index (κ1) is 28.1. The van der Waals surface area contributed by atoms with Gasteiger partial charge in [-0.3, -0.25) is 14.5 Å². The molecule has 2 aromatic rings. The van der Waals surface area contributed by atoms with Crippen molar-refractivity contribution in [3.05, 3.63) is 63.6 Å². The molecular formula is C28H32Cl2F2N4O3. The zero-order valence-electron chi connectivity index (χ0n) is 21.7. The molecule has 0 spiro atoms. The molecule has 2 N–H and O–H groups in total. The lowest BCUT2D eigenvalue weighted by atomic mass is 9.92. The van der Waals surface area contributed by atoms with Gasteiger partial charge in [0.05, 0.1) is 23.2 Å². The van der Waals surface area contributed by atoms with Gasteiger partial charge in [0.1, 0.15) is 0 Å². The molecule has 0 aromatic heterocycles. The van der Waals surface area contributed by atoms with Crippen LogP contribution >= 0.6 is 23.2 Å². The van der Waals surface area contributed by atoms with E-state index in [0.717, 1.165) is 36.5 Å². The maximum Gasteiger partial charge on any atom is 0.267 e. The number of benzene rings is 2. The Morgan fingerprint density at radius 3 is 2.38 bits per heavy atom. The second-order valence-electron chi connectivity index (χ2n) is 10.9. The number of aliphatic hydroxyl groups is 1. The van der Waals surface area contributed by atoms with Crippen molar-refractivity contribution in [3.63, 3.8) is 0 Å². The van der Waals surface area contributed by atoms with Gasteiger partial charge in [-0.2, -0.15) is 0 Å². The Morgan fingerprint density at radius 2 is 1.77 bits per heavy atom. The minimum absolute atomic E-state index is 0.0222. The molecule has 0 bridgehead atoms. The standard InChI is InChI=1S/C28H32Cl2F2N4O3/c1-27(39,18-3-2-4-19(29)13-18)26(38)34-10-7-22(8-11-34)36-15-21(16-36)33-20-5-6-23(24(30)14-20)25(37)35-12-9-28(31,32)17-35/h2-6,13-14,21-22,33,39H,7-12,15-17H2,1H3/t27-/m0/s1. The summed E-state index contributed by atoms with van der Waals surface area (Å²) in [5.41, 5.74) is -0.152. The van der Waals surface area contributed by atoms with Crippen LogP contribution < -0.4 is 5.32 Å². The van der Waals surface area contributed by atoms with E-state index in [4.69, 9.17) is 23.2 Å². The van der Waals surface area contributed by atoms with E-state index < -0.39 is 24.0 Å². The lowest BCUT2D eigenvalue weighted by Gasteiger charge is -2.48. The molecule has 11 heteroatoms. The number of rotatable bonds is 6.